The van der Waals surface area contributed by atoms with E-state index in [1.807, 2.05) is 0 Å². The summed E-state index contributed by atoms with van der Waals surface area (Å²) in [6.45, 7) is 6.92. The Labute approximate surface area is 80.6 Å². The zero-order valence-corrected chi connectivity index (χ0v) is 8.46. The minimum atomic E-state index is 0.190. The molecule has 0 aromatic carbocycles. The Morgan fingerprint density at radius 2 is 2.31 bits per heavy atom. The van der Waals surface area contributed by atoms with Gasteiger partial charge in [0.2, 0.25) is 0 Å². The largest absolute Gasteiger partial charge is 0.396 e. The lowest BCUT2D eigenvalue weighted by Crippen LogP contribution is -2.19. The second-order valence-electron chi connectivity index (χ2n) is 3.79. The smallest absolute Gasteiger partial charge is 0.0682 e. The molecule has 0 aromatic heterocycles. The molecule has 1 rings (SSSR count). The molecule has 0 amide bonds. The predicted octanol–water partition coefficient (Wildman–Crippen LogP) is 2.13. The van der Waals surface area contributed by atoms with Crippen molar-refractivity contribution in [2.45, 2.75) is 38.7 Å². The van der Waals surface area contributed by atoms with Crippen molar-refractivity contribution in [1.29, 1.82) is 0 Å². The number of hydrogen-bond donors (Lipinski definition) is 1. The van der Waals surface area contributed by atoms with Gasteiger partial charge in [0.15, 0.2) is 0 Å². The third-order valence-electron chi connectivity index (χ3n) is 2.74. The molecule has 1 aliphatic heterocycles. The first-order valence-corrected chi connectivity index (χ1v) is 5.19. The molecule has 0 saturated carbocycles. The molecule has 2 atom stereocenters. The van der Waals surface area contributed by atoms with Gasteiger partial charge in [0.05, 0.1) is 19.3 Å². The minimum Gasteiger partial charge on any atom is -0.396 e. The summed E-state index contributed by atoms with van der Waals surface area (Å²) in [5.74, 6) is 0.192. The molecule has 1 N–H and O–H groups in total. The average molecular weight is 184 g/mol. The first-order chi connectivity index (χ1) is 6.29. The Morgan fingerprint density at radius 3 is 2.92 bits per heavy atom. The van der Waals surface area contributed by atoms with Crippen molar-refractivity contribution in [2.24, 2.45) is 5.92 Å². The van der Waals surface area contributed by atoms with Crippen LogP contribution in [0.4, 0.5) is 0 Å². The van der Waals surface area contributed by atoms with Crippen molar-refractivity contribution in [2.75, 3.05) is 13.2 Å². The molecule has 0 spiro atoms. The van der Waals surface area contributed by atoms with Gasteiger partial charge in [-0.2, -0.15) is 0 Å². The van der Waals surface area contributed by atoms with E-state index in [0.717, 1.165) is 12.0 Å². The zero-order chi connectivity index (χ0) is 9.68. The van der Waals surface area contributed by atoms with Gasteiger partial charge < -0.3 is 9.84 Å². The van der Waals surface area contributed by atoms with Gasteiger partial charge in [-0.15, -0.1) is 0 Å². The molecule has 0 unspecified atom stereocenters. The number of ether oxygens (including phenoxy) is 1. The van der Waals surface area contributed by atoms with Crippen LogP contribution >= 0.6 is 0 Å². The Balaban J connectivity index is 2.28. The van der Waals surface area contributed by atoms with E-state index in [4.69, 9.17) is 9.84 Å². The van der Waals surface area contributed by atoms with Crippen LogP contribution in [0.25, 0.3) is 0 Å². The summed E-state index contributed by atoms with van der Waals surface area (Å²) in [6, 6.07) is 0. The normalized spacial score (nSPS) is 28.3. The summed E-state index contributed by atoms with van der Waals surface area (Å²) in [6.07, 6.45) is 4.98. The predicted molar refractivity (Wildman–Crippen MR) is 53.6 cm³/mol. The van der Waals surface area contributed by atoms with Crippen LogP contribution in [0, 0.1) is 5.92 Å². The molecule has 0 aliphatic carbocycles. The minimum absolute atomic E-state index is 0.190. The van der Waals surface area contributed by atoms with Crippen LogP contribution in [0.2, 0.25) is 0 Å². The fourth-order valence-electron chi connectivity index (χ4n) is 1.83. The topological polar surface area (TPSA) is 29.5 Å². The van der Waals surface area contributed by atoms with Crippen molar-refractivity contribution in [3.63, 3.8) is 0 Å². The second-order valence-corrected chi connectivity index (χ2v) is 3.79. The van der Waals surface area contributed by atoms with Gasteiger partial charge in [0, 0.05) is 5.92 Å². The fraction of sp³-hybridized carbons (Fsp3) is 0.818. The molecule has 0 radical (unpaired) electrons. The van der Waals surface area contributed by atoms with Gasteiger partial charge in [-0.05, 0) is 12.0 Å². The number of rotatable bonds is 5. The number of unbranched alkanes of at least 4 members (excludes halogenated alkanes) is 2. The molecule has 0 aromatic rings. The van der Waals surface area contributed by atoms with Crippen LogP contribution in [0.3, 0.4) is 0 Å². The van der Waals surface area contributed by atoms with Crippen LogP contribution in [0.1, 0.15) is 32.6 Å². The number of aliphatic hydroxyl groups is 1. The van der Waals surface area contributed by atoms with Crippen molar-refractivity contribution in [3.05, 3.63) is 12.2 Å². The Hall–Kier alpha value is -0.340. The molecular weight excluding hydrogens is 164 g/mol. The quantitative estimate of drug-likeness (QED) is 0.524. The van der Waals surface area contributed by atoms with Gasteiger partial charge in [0.1, 0.15) is 0 Å². The van der Waals surface area contributed by atoms with E-state index in [-0.39, 0.29) is 18.6 Å². The first-order valence-electron chi connectivity index (χ1n) is 5.19. The van der Waals surface area contributed by atoms with Gasteiger partial charge >= 0.3 is 0 Å². The van der Waals surface area contributed by atoms with Crippen molar-refractivity contribution >= 4 is 0 Å². The molecular formula is C11H20O2. The van der Waals surface area contributed by atoms with Crippen molar-refractivity contribution in [1.82, 2.24) is 0 Å². The SMILES string of the molecule is C=C1CO[C@H](CCCCC)[C@@H]1CO. The van der Waals surface area contributed by atoms with Gasteiger partial charge in [-0.25, -0.2) is 0 Å². The molecule has 1 fully saturated rings. The monoisotopic (exact) mass is 184 g/mol. The van der Waals surface area contributed by atoms with Crippen LogP contribution in [0.5, 0.6) is 0 Å². The highest BCUT2D eigenvalue weighted by atomic mass is 16.5. The Kier molecular flexibility index (Phi) is 4.46. The van der Waals surface area contributed by atoms with Crippen LogP contribution in [-0.2, 0) is 4.74 Å². The molecule has 1 aliphatic rings. The third-order valence-corrected chi connectivity index (χ3v) is 2.74. The molecule has 13 heavy (non-hydrogen) atoms. The highest BCUT2D eigenvalue weighted by Gasteiger charge is 2.29. The van der Waals surface area contributed by atoms with Crippen LogP contribution in [0.15, 0.2) is 12.2 Å². The zero-order valence-electron chi connectivity index (χ0n) is 8.46. The van der Waals surface area contributed by atoms with E-state index in [1.165, 1.54) is 19.3 Å². The molecule has 1 heterocycles. The van der Waals surface area contributed by atoms with Gasteiger partial charge in [0.25, 0.3) is 0 Å². The van der Waals surface area contributed by atoms with Crippen LogP contribution in [-0.4, -0.2) is 24.4 Å². The Morgan fingerprint density at radius 1 is 1.54 bits per heavy atom. The molecule has 0 bridgehead atoms. The van der Waals surface area contributed by atoms with Gasteiger partial charge in [-0.1, -0.05) is 32.8 Å². The lowest BCUT2D eigenvalue weighted by Gasteiger charge is -2.15. The molecule has 76 valence electrons. The summed E-state index contributed by atoms with van der Waals surface area (Å²) < 4.78 is 5.56. The van der Waals surface area contributed by atoms with E-state index in [9.17, 15) is 0 Å². The van der Waals surface area contributed by atoms with Crippen molar-refractivity contribution < 1.29 is 9.84 Å². The lowest BCUT2D eigenvalue weighted by atomic mass is 9.95. The van der Waals surface area contributed by atoms with Crippen LogP contribution < -0.4 is 0 Å². The summed E-state index contributed by atoms with van der Waals surface area (Å²) in [4.78, 5) is 0. The number of aliphatic hydroxyl groups excluding tert-OH is 1. The summed E-state index contributed by atoms with van der Waals surface area (Å²) >= 11 is 0. The molecule has 2 nitrogen and oxygen atoms in total. The van der Waals surface area contributed by atoms with Crippen molar-refractivity contribution in [3.8, 4) is 0 Å². The van der Waals surface area contributed by atoms with E-state index >= 15 is 0 Å². The van der Waals surface area contributed by atoms with E-state index in [1.54, 1.807) is 0 Å². The van der Waals surface area contributed by atoms with Gasteiger partial charge in [-0.3, -0.25) is 0 Å². The highest BCUT2D eigenvalue weighted by molar-refractivity contribution is 5.08. The summed E-state index contributed by atoms with van der Waals surface area (Å²) in [5, 5.41) is 9.12. The first kappa shape index (κ1) is 10.7. The highest BCUT2D eigenvalue weighted by Crippen LogP contribution is 2.28. The Bertz CT molecular complexity index is 165. The third kappa shape index (κ3) is 2.82. The van der Waals surface area contributed by atoms with E-state index in [2.05, 4.69) is 13.5 Å². The molecule has 1 saturated heterocycles. The molecule has 2 heteroatoms. The fourth-order valence-corrected chi connectivity index (χ4v) is 1.83. The average Bonchev–Trinajstić information content (AvgIpc) is 2.47. The summed E-state index contributed by atoms with van der Waals surface area (Å²) in [5.41, 5.74) is 1.06. The summed E-state index contributed by atoms with van der Waals surface area (Å²) in [7, 11) is 0. The maximum Gasteiger partial charge on any atom is 0.0682 e. The maximum atomic E-state index is 9.12. The second kappa shape index (κ2) is 5.40. The van der Waals surface area contributed by atoms with E-state index < -0.39 is 0 Å². The van der Waals surface area contributed by atoms with E-state index in [0.29, 0.717) is 6.61 Å². The maximum absolute atomic E-state index is 9.12. The standard InChI is InChI=1S/C11H20O2/c1-3-4-5-6-11-10(7-12)9(2)8-13-11/h10-12H,2-8H2,1H3/t10-,11-/m1/s1. The number of hydrogen-bond acceptors (Lipinski definition) is 2. The lowest BCUT2D eigenvalue weighted by molar-refractivity contribution is 0.0640.